The molecule has 21 heavy (non-hydrogen) atoms. The highest BCUT2D eigenvalue weighted by atomic mass is 19.1. The number of hydrogen-bond acceptors (Lipinski definition) is 2. The zero-order valence-electron chi connectivity index (χ0n) is 13.3. The molecule has 1 aromatic carbocycles. The fourth-order valence-electron chi connectivity index (χ4n) is 3.14. The van der Waals surface area contributed by atoms with Gasteiger partial charge in [-0.25, -0.2) is 8.78 Å². The van der Waals surface area contributed by atoms with E-state index in [1.165, 1.54) is 18.6 Å². The largest absolute Gasteiger partial charge is 0.310 e. The van der Waals surface area contributed by atoms with E-state index in [4.69, 9.17) is 0 Å². The van der Waals surface area contributed by atoms with Crippen LogP contribution in [-0.4, -0.2) is 31.1 Å². The van der Waals surface area contributed by atoms with Crippen LogP contribution in [0.2, 0.25) is 0 Å². The number of nitrogens with one attached hydrogen (secondary N) is 1. The Labute approximate surface area is 126 Å². The molecule has 0 spiro atoms. The lowest BCUT2D eigenvalue weighted by Gasteiger charge is -2.24. The molecule has 2 nitrogen and oxygen atoms in total. The van der Waals surface area contributed by atoms with Gasteiger partial charge in [-0.05, 0) is 55.6 Å². The first kappa shape index (κ1) is 16.4. The average Bonchev–Trinajstić information content (AvgIpc) is 2.73. The van der Waals surface area contributed by atoms with Gasteiger partial charge in [0.1, 0.15) is 11.6 Å². The SMILES string of the molecule is CCNC(CCN1CCC(C)(C)C1)c1cc(F)cc(F)c1. The predicted octanol–water partition coefficient (Wildman–Crippen LogP) is 3.74. The molecule has 0 bridgehead atoms. The lowest BCUT2D eigenvalue weighted by Crippen LogP contribution is -2.29. The van der Waals surface area contributed by atoms with Gasteiger partial charge < -0.3 is 10.2 Å². The van der Waals surface area contributed by atoms with Crippen molar-refractivity contribution in [1.29, 1.82) is 0 Å². The summed E-state index contributed by atoms with van der Waals surface area (Å²) in [6.07, 6.45) is 2.08. The number of halogens is 2. The summed E-state index contributed by atoms with van der Waals surface area (Å²) in [5.41, 5.74) is 1.09. The topological polar surface area (TPSA) is 15.3 Å². The zero-order chi connectivity index (χ0) is 15.5. The molecule has 0 aromatic heterocycles. The van der Waals surface area contributed by atoms with Crippen LogP contribution in [0.5, 0.6) is 0 Å². The summed E-state index contributed by atoms with van der Waals surface area (Å²) >= 11 is 0. The van der Waals surface area contributed by atoms with E-state index in [1.54, 1.807) is 0 Å². The van der Waals surface area contributed by atoms with Crippen LogP contribution >= 0.6 is 0 Å². The third-order valence-electron chi connectivity index (χ3n) is 4.23. The molecule has 1 aliphatic rings. The Balaban J connectivity index is 1.99. The molecule has 1 N–H and O–H groups in total. The van der Waals surface area contributed by atoms with Gasteiger partial charge in [0.2, 0.25) is 0 Å². The lowest BCUT2D eigenvalue weighted by atomic mass is 9.93. The van der Waals surface area contributed by atoms with Gasteiger partial charge in [0.15, 0.2) is 0 Å². The zero-order valence-corrected chi connectivity index (χ0v) is 13.3. The van der Waals surface area contributed by atoms with Crippen molar-refractivity contribution < 1.29 is 8.78 Å². The van der Waals surface area contributed by atoms with Crippen molar-refractivity contribution in [2.45, 2.75) is 39.7 Å². The van der Waals surface area contributed by atoms with E-state index in [0.29, 0.717) is 11.0 Å². The second kappa shape index (κ2) is 6.84. The number of benzene rings is 1. The molecule has 0 aliphatic carbocycles. The smallest absolute Gasteiger partial charge is 0.126 e. The Morgan fingerprint density at radius 1 is 1.24 bits per heavy atom. The highest BCUT2D eigenvalue weighted by molar-refractivity contribution is 5.21. The quantitative estimate of drug-likeness (QED) is 0.860. The van der Waals surface area contributed by atoms with Crippen LogP contribution in [0.25, 0.3) is 0 Å². The standard InChI is InChI=1S/C17H26F2N2/c1-4-20-16(13-9-14(18)11-15(19)10-13)5-7-21-8-6-17(2,3)12-21/h9-11,16,20H,4-8,12H2,1-3H3. The lowest BCUT2D eigenvalue weighted by molar-refractivity contribution is 0.274. The summed E-state index contributed by atoms with van der Waals surface area (Å²) < 4.78 is 26.8. The van der Waals surface area contributed by atoms with E-state index in [0.717, 1.165) is 38.7 Å². The number of nitrogens with zero attached hydrogens (tertiary/aromatic N) is 1. The van der Waals surface area contributed by atoms with Gasteiger partial charge in [-0.2, -0.15) is 0 Å². The summed E-state index contributed by atoms with van der Waals surface area (Å²) in [5, 5.41) is 3.34. The number of likely N-dealkylation sites (tertiary alicyclic amines) is 1. The van der Waals surface area contributed by atoms with Crippen molar-refractivity contribution >= 4 is 0 Å². The van der Waals surface area contributed by atoms with Gasteiger partial charge in [0.05, 0.1) is 0 Å². The van der Waals surface area contributed by atoms with E-state index in [2.05, 4.69) is 24.1 Å². The molecule has 4 heteroatoms. The molecule has 1 heterocycles. The van der Waals surface area contributed by atoms with Crippen LogP contribution in [0.4, 0.5) is 8.78 Å². The van der Waals surface area contributed by atoms with Crippen LogP contribution in [0.15, 0.2) is 18.2 Å². The minimum Gasteiger partial charge on any atom is -0.310 e. The van der Waals surface area contributed by atoms with E-state index >= 15 is 0 Å². The minimum absolute atomic E-state index is 0.00362. The Kier molecular flexibility index (Phi) is 5.33. The molecule has 0 radical (unpaired) electrons. The van der Waals surface area contributed by atoms with Crippen molar-refractivity contribution in [2.75, 3.05) is 26.2 Å². The molecule has 0 amide bonds. The molecule has 1 saturated heterocycles. The minimum atomic E-state index is -0.504. The molecule has 118 valence electrons. The maximum Gasteiger partial charge on any atom is 0.126 e. The van der Waals surface area contributed by atoms with E-state index in [-0.39, 0.29) is 6.04 Å². The van der Waals surface area contributed by atoms with Crippen LogP contribution in [-0.2, 0) is 0 Å². The number of rotatable bonds is 6. The normalized spacial score (nSPS) is 19.9. The van der Waals surface area contributed by atoms with Gasteiger partial charge in [-0.3, -0.25) is 0 Å². The molecule has 1 aromatic rings. The van der Waals surface area contributed by atoms with Gasteiger partial charge in [0, 0.05) is 18.7 Å². The van der Waals surface area contributed by atoms with Crippen molar-refractivity contribution in [2.24, 2.45) is 5.41 Å². The first-order valence-corrected chi connectivity index (χ1v) is 7.81. The van der Waals surface area contributed by atoms with Gasteiger partial charge in [-0.1, -0.05) is 20.8 Å². The maximum atomic E-state index is 13.4. The molecule has 1 aliphatic heterocycles. The summed E-state index contributed by atoms with van der Waals surface area (Å²) in [4.78, 5) is 2.44. The molecule has 1 atom stereocenters. The second-order valence-electron chi connectivity index (χ2n) is 6.79. The third-order valence-corrected chi connectivity index (χ3v) is 4.23. The van der Waals surface area contributed by atoms with Gasteiger partial charge in [0.25, 0.3) is 0 Å². The average molecular weight is 296 g/mol. The Bertz CT molecular complexity index is 454. The highest BCUT2D eigenvalue weighted by Gasteiger charge is 2.29. The number of hydrogen-bond donors (Lipinski definition) is 1. The van der Waals surface area contributed by atoms with E-state index < -0.39 is 11.6 Å². The first-order valence-electron chi connectivity index (χ1n) is 7.81. The Hall–Kier alpha value is -1.00. The monoisotopic (exact) mass is 296 g/mol. The second-order valence-corrected chi connectivity index (χ2v) is 6.79. The highest BCUT2D eigenvalue weighted by Crippen LogP contribution is 2.29. The molecule has 0 saturated carbocycles. The van der Waals surface area contributed by atoms with Crippen LogP contribution in [0.1, 0.15) is 45.2 Å². The van der Waals surface area contributed by atoms with Crippen LogP contribution in [0.3, 0.4) is 0 Å². The van der Waals surface area contributed by atoms with Gasteiger partial charge in [-0.15, -0.1) is 0 Å². The van der Waals surface area contributed by atoms with E-state index in [1.807, 2.05) is 6.92 Å². The van der Waals surface area contributed by atoms with Gasteiger partial charge >= 0.3 is 0 Å². The summed E-state index contributed by atoms with van der Waals surface area (Å²) in [6, 6.07) is 3.80. The van der Waals surface area contributed by atoms with Crippen molar-refractivity contribution in [3.8, 4) is 0 Å². The predicted molar refractivity (Wildman–Crippen MR) is 82.2 cm³/mol. The summed E-state index contributed by atoms with van der Waals surface area (Å²) in [6.45, 7) is 10.6. The van der Waals surface area contributed by atoms with E-state index in [9.17, 15) is 8.78 Å². The maximum absolute atomic E-state index is 13.4. The Morgan fingerprint density at radius 3 is 2.43 bits per heavy atom. The summed E-state index contributed by atoms with van der Waals surface area (Å²) in [7, 11) is 0. The van der Waals surface area contributed by atoms with Crippen molar-refractivity contribution in [3.63, 3.8) is 0 Å². The third kappa shape index (κ3) is 4.75. The van der Waals surface area contributed by atoms with Crippen molar-refractivity contribution in [3.05, 3.63) is 35.4 Å². The molecule has 1 fully saturated rings. The fourth-order valence-corrected chi connectivity index (χ4v) is 3.14. The summed E-state index contributed by atoms with van der Waals surface area (Å²) in [5.74, 6) is -1.01. The van der Waals surface area contributed by atoms with Crippen LogP contribution in [0, 0.1) is 17.0 Å². The molecular weight excluding hydrogens is 270 g/mol. The van der Waals surface area contributed by atoms with Crippen LogP contribution < -0.4 is 5.32 Å². The fraction of sp³-hybridized carbons (Fsp3) is 0.647. The molecule has 2 rings (SSSR count). The molecule has 1 unspecified atom stereocenters. The van der Waals surface area contributed by atoms with Crippen molar-refractivity contribution in [1.82, 2.24) is 10.2 Å². The first-order chi connectivity index (χ1) is 9.89. The molecular formula is C17H26F2N2. The Morgan fingerprint density at radius 2 is 1.90 bits per heavy atom.